The standard InChI is InChI=1S/C27H39NO3/c1-4-5-6-7-8-9-25(31)28-23-17-19-20-10-11-24(30)27(20,3)15-13-21(19)26(2)14-12-18(29)16-22(23)26/h12,14,16,19-21,23H,4-11,13,15,17H2,1-3H3,(H,28,31)/t19-,20-,21-,23+,26+,27-/m0/s1. The highest BCUT2D eigenvalue weighted by molar-refractivity contribution is 6.01. The molecule has 0 unspecified atom stereocenters. The number of ketones is 2. The SMILES string of the molecule is CCCCCCCC(=O)N[C@@H]1C[C@@H]2[C@H](CC[C@]3(C)C(=O)CC[C@@H]23)[C@@]2(C)C=CC(=O)C=C12. The summed E-state index contributed by atoms with van der Waals surface area (Å²) in [5.41, 5.74) is 0.692. The second-order valence-electron chi connectivity index (χ2n) is 10.9. The van der Waals surface area contributed by atoms with Crippen molar-refractivity contribution < 1.29 is 14.4 Å². The van der Waals surface area contributed by atoms with Crippen LogP contribution in [0.25, 0.3) is 0 Å². The molecule has 31 heavy (non-hydrogen) atoms. The van der Waals surface area contributed by atoms with E-state index in [2.05, 4.69) is 32.2 Å². The third kappa shape index (κ3) is 3.96. The average Bonchev–Trinajstić information content (AvgIpc) is 3.04. The van der Waals surface area contributed by atoms with Crippen molar-refractivity contribution in [2.75, 3.05) is 0 Å². The Balaban J connectivity index is 1.53. The molecule has 0 aromatic heterocycles. The largest absolute Gasteiger partial charge is 0.350 e. The first-order valence-corrected chi connectivity index (χ1v) is 12.6. The number of hydrogen-bond donors (Lipinski definition) is 1. The molecular formula is C27H39NO3. The van der Waals surface area contributed by atoms with Gasteiger partial charge in [-0.3, -0.25) is 14.4 Å². The Kier molecular flexibility index (Phi) is 6.29. The number of hydrogen-bond acceptors (Lipinski definition) is 3. The molecule has 0 radical (unpaired) electrons. The Morgan fingerprint density at radius 3 is 2.65 bits per heavy atom. The van der Waals surface area contributed by atoms with Crippen molar-refractivity contribution in [2.24, 2.45) is 28.6 Å². The van der Waals surface area contributed by atoms with Gasteiger partial charge in [0.15, 0.2) is 5.78 Å². The zero-order chi connectivity index (χ0) is 22.2. The molecule has 0 bridgehead atoms. The van der Waals surface area contributed by atoms with E-state index in [1.54, 1.807) is 12.2 Å². The summed E-state index contributed by atoms with van der Waals surface area (Å²) in [6, 6.07) is -0.0960. The van der Waals surface area contributed by atoms with E-state index < -0.39 is 0 Å². The average molecular weight is 426 g/mol. The fourth-order valence-electron chi connectivity index (χ4n) is 7.35. The molecule has 1 N–H and O–H groups in total. The molecule has 4 heteroatoms. The van der Waals surface area contributed by atoms with Crippen molar-refractivity contribution in [3.8, 4) is 0 Å². The van der Waals surface area contributed by atoms with E-state index in [0.29, 0.717) is 36.4 Å². The Hall–Kier alpha value is -1.71. The Morgan fingerprint density at radius 1 is 1.10 bits per heavy atom. The minimum atomic E-state index is -0.205. The van der Waals surface area contributed by atoms with Gasteiger partial charge in [0.25, 0.3) is 0 Å². The molecular weight excluding hydrogens is 386 g/mol. The summed E-state index contributed by atoms with van der Waals surface area (Å²) in [5.74, 6) is 1.82. The second-order valence-corrected chi connectivity index (χ2v) is 10.9. The number of amides is 1. The summed E-state index contributed by atoms with van der Waals surface area (Å²) in [7, 11) is 0. The third-order valence-corrected chi connectivity index (χ3v) is 9.16. The molecule has 6 atom stereocenters. The van der Waals surface area contributed by atoms with Crippen LogP contribution in [0.2, 0.25) is 0 Å². The molecule has 4 aliphatic rings. The Bertz CT molecular complexity index is 811. The maximum absolute atomic E-state index is 12.8. The summed E-state index contributed by atoms with van der Waals surface area (Å²) >= 11 is 0. The van der Waals surface area contributed by atoms with Crippen LogP contribution in [0.15, 0.2) is 23.8 Å². The van der Waals surface area contributed by atoms with Gasteiger partial charge < -0.3 is 5.32 Å². The molecule has 3 saturated carbocycles. The number of carbonyl (C=O) groups excluding carboxylic acids is 3. The number of allylic oxidation sites excluding steroid dienone is 3. The number of nitrogens with one attached hydrogen (secondary N) is 1. The predicted octanol–water partition coefficient (Wildman–Crippen LogP) is 5.32. The van der Waals surface area contributed by atoms with Crippen molar-refractivity contribution in [3.63, 3.8) is 0 Å². The van der Waals surface area contributed by atoms with E-state index in [4.69, 9.17) is 0 Å². The number of unbranched alkanes of at least 4 members (excludes halogenated alkanes) is 4. The lowest BCUT2D eigenvalue weighted by Gasteiger charge is -2.57. The van der Waals surface area contributed by atoms with Crippen molar-refractivity contribution in [2.45, 2.75) is 97.4 Å². The number of carbonyl (C=O) groups is 3. The summed E-state index contributed by atoms with van der Waals surface area (Å²) < 4.78 is 0. The van der Waals surface area contributed by atoms with Crippen LogP contribution in [0.4, 0.5) is 0 Å². The lowest BCUT2D eigenvalue weighted by atomic mass is 9.47. The van der Waals surface area contributed by atoms with Crippen LogP contribution >= 0.6 is 0 Å². The lowest BCUT2D eigenvalue weighted by molar-refractivity contribution is -0.132. The molecule has 0 saturated heterocycles. The van der Waals surface area contributed by atoms with Crippen LogP contribution in [0.5, 0.6) is 0 Å². The maximum Gasteiger partial charge on any atom is 0.220 e. The van der Waals surface area contributed by atoms with Crippen LogP contribution in [0.3, 0.4) is 0 Å². The van der Waals surface area contributed by atoms with E-state index in [1.807, 2.05) is 0 Å². The summed E-state index contributed by atoms with van der Waals surface area (Å²) in [4.78, 5) is 37.8. The highest BCUT2D eigenvalue weighted by Crippen LogP contribution is 2.63. The van der Waals surface area contributed by atoms with Gasteiger partial charge in [-0.1, -0.05) is 52.5 Å². The molecule has 4 aliphatic carbocycles. The molecule has 1 amide bonds. The Morgan fingerprint density at radius 2 is 1.87 bits per heavy atom. The quantitative estimate of drug-likeness (QED) is 0.562. The van der Waals surface area contributed by atoms with Gasteiger partial charge in [0.2, 0.25) is 5.91 Å². The third-order valence-electron chi connectivity index (χ3n) is 9.16. The van der Waals surface area contributed by atoms with Crippen molar-refractivity contribution in [3.05, 3.63) is 23.8 Å². The van der Waals surface area contributed by atoms with Crippen LogP contribution in [0, 0.1) is 28.6 Å². The molecule has 170 valence electrons. The minimum Gasteiger partial charge on any atom is -0.350 e. The van der Waals surface area contributed by atoms with Crippen molar-refractivity contribution in [1.29, 1.82) is 0 Å². The van der Waals surface area contributed by atoms with Crippen molar-refractivity contribution >= 4 is 17.5 Å². The van der Waals surface area contributed by atoms with E-state index in [-0.39, 0.29) is 28.6 Å². The second kappa shape index (κ2) is 8.67. The normalized spacial score (nSPS) is 38.9. The molecule has 4 nitrogen and oxygen atoms in total. The summed E-state index contributed by atoms with van der Waals surface area (Å²) in [5, 5.41) is 3.31. The van der Waals surface area contributed by atoms with Crippen molar-refractivity contribution in [1.82, 2.24) is 5.32 Å². The van der Waals surface area contributed by atoms with Crippen LogP contribution in [-0.2, 0) is 14.4 Å². The van der Waals surface area contributed by atoms with E-state index in [0.717, 1.165) is 44.1 Å². The number of Topliss-reactive ketones (excluding diaryl/α,β-unsaturated/α-hetero) is 1. The van der Waals surface area contributed by atoms with Gasteiger partial charge in [-0.25, -0.2) is 0 Å². The molecule has 0 heterocycles. The fraction of sp³-hybridized carbons (Fsp3) is 0.741. The Labute approximate surface area is 187 Å². The van der Waals surface area contributed by atoms with Gasteiger partial charge in [-0.2, -0.15) is 0 Å². The summed E-state index contributed by atoms with van der Waals surface area (Å²) in [6.45, 7) is 6.63. The van der Waals surface area contributed by atoms with Gasteiger partial charge in [0.05, 0.1) is 6.04 Å². The molecule has 0 aromatic carbocycles. The minimum absolute atomic E-state index is 0.0291. The van der Waals surface area contributed by atoms with Gasteiger partial charge in [-0.05, 0) is 67.6 Å². The van der Waals surface area contributed by atoms with Crippen LogP contribution in [-0.4, -0.2) is 23.5 Å². The zero-order valence-electron chi connectivity index (χ0n) is 19.5. The lowest BCUT2D eigenvalue weighted by Crippen LogP contribution is -2.56. The maximum atomic E-state index is 12.8. The fourth-order valence-corrected chi connectivity index (χ4v) is 7.35. The smallest absolute Gasteiger partial charge is 0.220 e. The first-order valence-electron chi connectivity index (χ1n) is 12.6. The highest BCUT2D eigenvalue weighted by Gasteiger charge is 2.60. The van der Waals surface area contributed by atoms with E-state index >= 15 is 0 Å². The molecule has 0 aliphatic heterocycles. The van der Waals surface area contributed by atoms with Gasteiger partial charge in [-0.15, -0.1) is 0 Å². The number of rotatable bonds is 7. The topological polar surface area (TPSA) is 63.2 Å². The number of fused-ring (bicyclic) bond motifs is 5. The molecule has 0 aromatic rings. The molecule has 4 rings (SSSR count). The van der Waals surface area contributed by atoms with Crippen LogP contribution < -0.4 is 5.32 Å². The summed E-state index contributed by atoms with van der Waals surface area (Å²) in [6.07, 6.45) is 16.3. The van der Waals surface area contributed by atoms with Gasteiger partial charge in [0, 0.05) is 23.7 Å². The first kappa shape index (κ1) is 22.5. The van der Waals surface area contributed by atoms with Gasteiger partial charge >= 0.3 is 0 Å². The zero-order valence-corrected chi connectivity index (χ0v) is 19.5. The predicted molar refractivity (Wildman–Crippen MR) is 122 cm³/mol. The monoisotopic (exact) mass is 425 g/mol. The van der Waals surface area contributed by atoms with Gasteiger partial charge in [0.1, 0.15) is 5.78 Å². The van der Waals surface area contributed by atoms with Crippen LogP contribution in [0.1, 0.15) is 91.4 Å². The van der Waals surface area contributed by atoms with E-state index in [1.165, 1.54) is 19.3 Å². The van der Waals surface area contributed by atoms with E-state index in [9.17, 15) is 14.4 Å². The molecule has 0 spiro atoms. The highest BCUT2D eigenvalue weighted by atomic mass is 16.2. The first-order chi connectivity index (χ1) is 14.8. The molecule has 3 fully saturated rings.